The van der Waals surface area contributed by atoms with Crippen LogP contribution in [-0.2, 0) is 0 Å². The van der Waals surface area contributed by atoms with Crippen molar-refractivity contribution in [2.24, 2.45) is 5.73 Å². The minimum absolute atomic E-state index is 0. The zero-order chi connectivity index (χ0) is 11.7. The van der Waals surface area contributed by atoms with Crippen LogP contribution in [0.15, 0.2) is 29.6 Å². The summed E-state index contributed by atoms with van der Waals surface area (Å²) in [6, 6.07) is 5.94. The van der Waals surface area contributed by atoms with E-state index >= 15 is 0 Å². The van der Waals surface area contributed by atoms with Gasteiger partial charge in [0.25, 0.3) is 0 Å². The number of thiophene rings is 1. The molecular weight excluding hydrogens is 261 g/mol. The number of halogens is 2. The summed E-state index contributed by atoms with van der Waals surface area (Å²) in [7, 11) is 0. The molecule has 1 aromatic carbocycles. The first-order valence-electron chi connectivity index (χ1n) is 4.88. The fourth-order valence-corrected chi connectivity index (χ4v) is 2.33. The van der Waals surface area contributed by atoms with E-state index in [9.17, 15) is 9.50 Å². The van der Waals surface area contributed by atoms with E-state index in [4.69, 9.17) is 5.73 Å². The van der Waals surface area contributed by atoms with Crippen LogP contribution in [0.5, 0.6) is 5.75 Å². The van der Waals surface area contributed by atoms with Crippen molar-refractivity contribution in [3.63, 3.8) is 0 Å². The summed E-state index contributed by atoms with van der Waals surface area (Å²) >= 11 is 1.45. The third-order valence-corrected chi connectivity index (χ3v) is 3.48. The summed E-state index contributed by atoms with van der Waals surface area (Å²) in [5.74, 6) is -0.523. The van der Waals surface area contributed by atoms with E-state index in [1.165, 1.54) is 23.5 Å². The zero-order valence-corrected chi connectivity index (χ0v) is 10.8. The van der Waals surface area contributed by atoms with E-state index in [0.29, 0.717) is 5.56 Å². The second-order valence-corrected chi connectivity index (χ2v) is 4.60. The van der Waals surface area contributed by atoms with Crippen LogP contribution >= 0.6 is 23.7 Å². The lowest BCUT2D eigenvalue weighted by molar-refractivity contribution is 0.451. The SMILES string of the molecule is Cc1ccc(F)c([C@H](N)c2cccs2)c1O.Cl. The number of phenolic OH excluding ortho intramolecular Hbond substituents is 1. The Balaban J connectivity index is 0.00000144. The standard InChI is InChI=1S/C12H12FNOS.ClH/c1-7-4-5-8(13)10(12(7)15)11(14)9-3-2-6-16-9;/h2-6,11,15H,14H2,1H3;1H/t11-;/m1./s1. The predicted molar refractivity (Wildman–Crippen MR) is 70.4 cm³/mol. The Hall–Kier alpha value is -1.10. The Morgan fingerprint density at radius 2 is 2.06 bits per heavy atom. The van der Waals surface area contributed by atoms with Crippen molar-refractivity contribution in [1.82, 2.24) is 0 Å². The first-order chi connectivity index (χ1) is 7.61. The van der Waals surface area contributed by atoms with Crippen LogP contribution in [0.25, 0.3) is 0 Å². The Kier molecular flexibility index (Phi) is 4.51. The maximum atomic E-state index is 13.6. The summed E-state index contributed by atoms with van der Waals surface area (Å²) in [5.41, 5.74) is 6.74. The molecule has 0 aliphatic heterocycles. The molecule has 0 spiro atoms. The van der Waals surface area contributed by atoms with Gasteiger partial charge in [0, 0.05) is 4.88 Å². The highest BCUT2D eigenvalue weighted by molar-refractivity contribution is 7.10. The number of rotatable bonds is 2. The van der Waals surface area contributed by atoms with Crippen LogP contribution in [0.1, 0.15) is 22.0 Å². The van der Waals surface area contributed by atoms with Gasteiger partial charge in [-0.05, 0) is 30.0 Å². The molecule has 0 radical (unpaired) electrons. The largest absolute Gasteiger partial charge is 0.507 e. The molecule has 1 aromatic heterocycles. The lowest BCUT2D eigenvalue weighted by Gasteiger charge is -2.14. The van der Waals surface area contributed by atoms with E-state index in [1.807, 2.05) is 17.5 Å². The molecule has 17 heavy (non-hydrogen) atoms. The molecule has 0 aliphatic rings. The highest BCUT2D eigenvalue weighted by atomic mass is 35.5. The predicted octanol–water partition coefficient (Wildman–Crippen LogP) is 3.37. The topological polar surface area (TPSA) is 46.2 Å². The first-order valence-corrected chi connectivity index (χ1v) is 5.76. The third-order valence-electron chi connectivity index (χ3n) is 2.53. The maximum absolute atomic E-state index is 13.6. The third kappa shape index (κ3) is 2.60. The summed E-state index contributed by atoms with van der Waals surface area (Å²) in [6.45, 7) is 1.72. The minimum Gasteiger partial charge on any atom is -0.507 e. The van der Waals surface area contributed by atoms with E-state index in [1.54, 1.807) is 6.92 Å². The first kappa shape index (κ1) is 14.0. The Labute approximate surface area is 109 Å². The van der Waals surface area contributed by atoms with Gasteiger partial charge in [0.2, 0.25) is 0 Å². The molecular formula is C12H13ClFNOS. The zero-order valence-electron chi connectivity index (χ0n) is 9.18. The smallest absolute Gasteiger partial charge is 0.132 e. The van der Waals surface area contributed by atoms with E-state index < -0.39 is 11.9 Å². The second-order valence-electron chi connectivity index (χ2n) is 3.62. The molecule has 2 nitrogen and oxygen atoms in total. The number of hydrogen-bond donors (Lipinski definition) is 2. The Morgan fingerprint density at radius 1 is 1.35 bits per heavy atom. The normalized spacial score (nSPS) is 11.9. The van der Waals surface area contributed by atoms with Crippen molar-refractivity contribution in [3.05, 3.63) is 51.5 Å². The van der Waals surface area contributed by atoms with Gasteiger partial charge in [-0.3, -0.25) is 0 Å². The summed E-state index contributed by atoms with van der Waals surface area (Å²) in [5, 5.41) is 11.7. The summed E-state index contributed by atoms with van der Waals surface area (Å²) in [6.07, 6.45) is 0. The highest BCUT2D eigenvalue weighted by Gasteiger charge is 2.19. The molecule has 0 saturated heterocycles. The molecule has 5 heteroatoms. The molecule has 1 heterocycles. The fourth-order valence-electron chi connectivity index (χ4n) is 1.60. The monoisotopic (exact) mass is 273 g/mol. The van der Waals surface area contributed by atoms with Crippen molar-refractivity contribution in [2.45, 2.75) is 13.0 Å². The van der Waals surface area contributed by atoms with Gasteiger partial charge < -0.3 is 10.8 Å². The number of hydrogen-bond acceptors (Lipinski definition) is 3. The summed E-state index contributed by atoms with van der Waals surface area (Å²) < 4.78 is 13.6. The lowest BCUT2D eigenvalue weighted by Crippen LogP contribution is -2.12. The molecule has 0 fully saturated rings. The average Bonchev–Trinajstić information content (AvgIpc) is 2.77. The van der Waals surface area contributed by atoms with Crippen molar-refractivity contribution in [3.8, 4) is 5.75 Å². The van der Waals surface area contributed by atoms with Gasteiger partial charge in [-0.15, -0.1) is 23.7 Å². The van der Waals surface area contributed by atoms with Crippen LogP contribution in [0.2, 0.25) is 0 Å². The molecule has 3 N–H and O–H groups in total. The van der Waals surface area contributed by atoms with E-state index in [0.717, 1.165) is 4.88 Å². The van der Waals surface area contributed by atoms with Gasteiger partial charge in [0.05, 0.1) is 11.6 Å². The molecule has 0 unspecified atom stereocenters. The van der Waals surface area contributed by atoms with Gasteiger partial charge in [-0.1, -0.05) is 12.1 Å². The van der Waals surface area contributed by atoms with Crippen molar-refractivity contribution < 1.29 is 9.50 Å². The van der Waals surface area contributed by atoms with Crippen molar-refractivity contribution in [2.75, 3.05) is 0 Å². The number of aromatic hydroxyl groups is 1. The quantitative estimate of drug-likeness (QED) is 0.881. The number of aryl methyl sites for hydroxylation is 1. The Morgan fingerprint density at radius 3 is 2.65 bits per heavy atom. The highest BCUT2D eigenvalue weighted by Crippen LogP contribution is 2.33. The van der Waals surface area contributed by atoms with Crippen LogP contribution in [0, 0.1) is 12.7 Å². The second kappa shape index (κ2) is 5.49. The minimum atomic E-state index is -0.611. The van der Waals surface area contributed by atoms with Gasteiger partial charge in [-0.2, -0.15) is 0 Å². The van der Waals surface area contributed by atoms with Crippen LogP contribution in [-0.4, -0.2) is 5.11 Å². The van der Waals surface area contributed by atoms with Gasteiger partial charge >= 0.3 is 0 Å². The molecule has 92 valence electrons. The van der Waals surface area contributed by atoms with Crippen LogP contribution in [0.4, 0.5) is 4.39 Å². The Bertz CT molecular complexity index is 501. The van der Waals surface area contributed by atoms with Crippen molar-refractivity contribution in [1.29, 1.82) is 0 Å². The van der Waals surface area contributed by atoms with Gasteiger partial charge in [0.15, 0.2) is 0 Å². The molecule has 0 amide bonds. The van der Waals surface area contributed by atoms with Gasteiger partial charge in [0.1, 0.15) is 11.6 Å². The van der Waals surface area contributed by atoms with Crippen LogP contribution in [0.3, 0.4) is 0 Å². The molecule has 0 saturated carbocycles. The van der Waals surface area contributed by atoms with Crippen molar-refractivity contribution >= 4 is 23.7 Å². The molecule has 1 atom stereocenters. The van der Waals surface area contributed by atoms with Crippen LogP contribution < -0.4 is 5.73 Å². The molecule has 0 aliphatic carbocycles. The number of benzene rings is 1. The molecule has 0 bridgehead atoms. The van der Waals surface area contributed by atoms with E-state index in [-0.39, 0.29) is 23.7 Å². The maximum Gasteiger partial charge on any atom is 0.132 e. The number of phenols is 1. The molecule has 2 rings (SSSR count). The number of nitrogens with two attached hydrogens (primary N) is 1. The average molecular weight is 274 g/mol. The fraction of sp³-hybridized carbons (Fsp3) is 0.167. The summed E-state index contributed by atoms with van der Waals surface area (Å²) in [4.78, 5) is 0.833. The van der Waals surface area contributed by atoms with Gasteiger partial charge in [-0.25, -0.2) is 4.39 Å². The molecule has 2 aromatic rings. The lowest BCUT2D eigenvalue weighted by atomic mass is 10.0. The van der Waals surface area contributed by atoms with E-state index in [2.05, 4.69) is 0 Å².